The van der Waals surface area contributed by atoms with Crippen molar-refractivity contribution in [2.24, 2.45) is 0 Å². The molecule has 1 heterocycles. The van der Waals surface area contributed by atoms with Crippen LogP contribution in [-0.2, 0) is 17.6 Å². The van der Waals surface area contributed by atoms with Crippen LogP contribution >= 0.6 is 0 Å². The first-order valence-corrected chi connectivity index (χ1v) is 8.18. The molecule has 4 rings (SSSR count). The van der Waals surface area contributed by atoms with E-state index >= 15 is 0 Å². The van der Waals surface area contributed by atoms with Gasteiger partial charge in [0.2, 0.25) is 0 Å². The number of amides is 1. The Kier molecular flexibility index (Phi) is 3.87. The zero-order valence-corrected chi connectivity index (χ0v) is 13.3. The van der Waals surface area contributed by atoms with Crippen LogP contribution in [0.2, 0.25) is 0 Å². The fourth-order valence-electron chi connectivity index (χ4n) is 3.18. The van der Waals surface area contributed by atoms with Crippen molar-refractivity contribution in [2.75, 3.05) is 11.9 Å². The van der Waals surface area contributed by atoms with E-state index in [0.29, 0.717) is 5.69 Å². The Labute approximate surface area is 140 Å². The van der Waals surface area contributed by atoms with Gasteiger partial charge in [-0.15, -0.1) is 0 Å². The molecule has 4 heteroatoms. The molecule has 0 fully saturated rings. The molecule has 1 aromatic heterocycles. The zero-order valence-electron chi connectivity index (χ0n) is 13.3. The number of rotatable bonds is 4. The summed E-state index contributed by atoms with van der Waals surface area (Å²) in [6.45, 7) is -0.0119. The molecule has 1 amide bonds. The maximum Gasteiger partial charge on any atom is 0.262 e. The Hall–Kier alpha value is -2.88. The molecule has 0 spiro atoms. The number of pyridine rings is 1. The van der Waals surface area contributed by atoms with Crippen molar-refractivity contribution >= 4 is 22.5 Å². The molecule has 1 aliphatic rings. The van der Waals surface area contributed by atoms with E-state index in [1.54, 1.807) is 6.20 Å². The summed E-state index contributed by atoms with van der Waals surface area (Å²) in [6, 6.07) is 15.7. The molecule has 0 aliphatic heterocycles. The van der Waals surface area contributed by atoms with Gasteiger partial charge in [-0.2, -0.15) is 0 Å². The van der Waals surface area contributed by atoms with Gasteiger partial charge in [0.25, 0.3) is 5.91 Å². The minimum atomic E-state index is -0.186. The minimum Gasteiger partial charge on any atom is -0.484 e. The van der Waals surface area contributed by atoms with Gasteiger partial charge in [-0.05, 0) is 54.7 Å². The van der Waals surface area contributed by atoms with Gasteiger partial charge in [0, 0.05) is 11.6 Å². The number of hydrogen-bond acceptors (Lipinski definition) is 3. The predicted molar refractivity (Wildman–Crippen MR) is 94.3 cm³/mol. The lowest BCUT2D eigenvalue weighted by molar-refractivity contribution is -0.118. The van der Waals surface area contributed by atoms with Crippen LogP contribution in [0.4, 0.5) is 5.69 Å². The summed E-state index contributed by atoms with van der Waals surface area (Å²) in [6.07, 6.45) is 5.16. The van der Waals surface area contributed by atoms with Crippen LogP contribution in [0, 0.1) is 0 Å². The Morgan fingerprint density at radius 1 is 1.08 bits per heavy atom. The van der Waals surface area contributed by atoms with Crippen LogP contribution in [0.5, 0.6) is 5.75 Å². The summed E-state index contributed by atoms with van der Waals surface area (Å²) < 4.78 is 5.64. The molecular formula is C20H18N2O2. The first-order valence-electron chi connectivity index (χ1n) is 8.18. The third kappa shape index (κ3) is 2.95. The van der Waals surface area contributed by atoms with Gasteiger partial charge >= 0.3 is 0 Å². The third-order valence-electron chi connectivity index (χ3n) is 4.35. The van der Waals surface area contributed by atoms with E-state index in [4.69, 9.17) is 4.74 Å². The molecule has 3 aromatic rings. The minimum absolute atomic E-state index is 0.0119. The number of aryl methyl sites for hydroxylation is 2. The zero-order chi connectivity index (χ0) is 16.4. The average Bonchev–Trinajstić information content (AvgIpc) is 3.08. The largest absolute Gasteiger partial charge is 0.484 e. The number of nitrogens with zero attached hydrogens (tertiary/aromatic N) is 1. The van der Waals surface area contributed by atoms with Gasteiger partial charge in [-0.3, -0.25) is 9.78 Å². The van der Waals surface area contributed by atoms with E-state index in [1.807, 2.05) is 36.4 Å². The van der Waals surface area contributed by atoms with Gasteiger partial charge < -0.3 is 10.1 Å². The second-order valence-corrected chi connectivity index (χ2v) is 6.00. The molecule has 0 atom stereocenters. The fourth-order valence-corrected chi connectivity index (χ4v) is 3.18. The number of fused-ring (bicyclic) bond motifs is 2. The van der Waals surface area contributed by atoms with E-state index in [2.05, 4.69) is 22.4 Å². The van der Waals surface area contributed by atoms with E-state index in [0.717, 1.165) is 29.5 Å². The molecule has 0 saturated carbocycles. The van der Waals surface area contributed by atoms with E-state index < -0.39 is 0 Å². The van der Waals surface area contributed by atoms with E-state index in [1.165, 1.54) is 17.5 Å². The van der Waals surface area contributed by atoms with Crippen molar-refractivity contribution in [3.8, 4) is 5.75 Å². The number of para-hydroxylation sites is 1. The highest BCUT2D eigenvalue weighted by atomic mass is 16.5. The quantitative estimate of drug-likeness (QED) is 0.797. The smallest absolute Gasteiger partial charge is 0.262 e. The fraction of sp³-hybridized carbons (Fsp3) is 0.200. The highest BCUT2D eigenvalue weighted by Crippen LogP contribution is 2.26. The van der Waals surface area contributed by atoms with Crippen LogP contribution in [0.1, 0.15) is 17.5 Å². The van der Waals surface area contributed by atoms with Crippen molar-refractivity contribution in [3.05, 3.63) is 65.9 Å². The number of hydrogen-bond donors (Lipinski definition) is 1. The molecule has 4 nitrogen and oxygen atoms in total. The van der Waals surface area contributed by atoms with Gasteiger partial charge in [-0.1, -0.05) is 24.3 Å². The molecule has 1 N–H and O–H groups in total. The first kappa shape index (κ1) is 14.7. The number of anilines is 1. The van der Waals surface area contributed by atoms with Gasteiger partial charge in [0.1, 0.15) is 5.75 Å². The summed E-state index contributed by atoms with van der Waals surface area (Å²) in [5, 5.41) is 3.88. The van der Waals surface area contributed by atoms with Crippen molar-refractivity contribution in [2.45, 2.75) is 19.3 Å². The summed E-state index contributed by atoms with van der Waals surface area (Å²) in [5.74, 6) is 0.565. The number of carbonyl (C=O) groups is 1. The molecule has 0 bridgehead atoms. The van der Waals surface area contributed by atoms with Crippen LogP contribution < -0.4 is 10.1 Å². The first-order chi connectivity index (χ1) is 11.8. The van der Waals surface area contributed by atoms with E-state index in [-0.39, 0.29) is 12.5 Å². The van der Waals surface area contributed by atoms with Crippen molar-refractivity contribution in [3.63, 3.8) is 0 Å². The Morgan fingerprint density at radius 3 is 2.92 bits per heavy atom. The SMILES string of the molecule is O=C(COc1ccc2c(c1)CCC2)Nc1cccc2cccnc12. The highest BCUT2D eigenvalue weighted by molar-refractivity contribution is 6.00. The number of ether oxygens (including phenoxy) is 1. The average molecular weight is 318 g/mol. The molecule has 0 unspecified atom stereocenters. The maximum atomic E-state index is 12.2. The van der Waals surface area contributed by atoms with E-state index in [9.17, 15) is 4.79 Å². The summed E-state index contributed by atoms with van der Waals surface area (Å²) >= 11 is 0. The maximum absolute atomic E-state index is 12.2. The van der Waals surface area contributed by atoms with Crippen molar-refractivity contribution < 1.29 is 9.53 Å². The number of nitrogens with one attached hydrogen (secondary N) is 1. The monoisotopic (exact) mass is 318 g/mol. The topological polar surface area (TPSA) is 51.2 Å². The second-order valence-electron chi connectivity index (χ2n) is 6.00. The highest BCUT2D eigenvalue weighted by Gasteiger charge is 2.12. The Balaban J connectivity index is 1.43. The van der Waals surface area contributed by atoms with Crippen LogP contribution in [0.3, 0.4) is 0 Å². The number of carbonyl (C=O) groups excluding carboxylic acids is 1. The Morgan fingerprint density at radius 2 is 1.96 bits per heavy atom. The standard InChI is InChI=1S/C20H18N2O2/c23-19(13-24-17-10-9-14-4-1-6-16(14)12-17)22-18-8-2-5-15-7-3-11-21-20(15)18/h2-3,5,7-12H,1,4,6,13H2,(H,22,23). The molecule has 120 valence electrons. The summed E-state index contributed by atoms with van der Waals surface area (Å²) in [5.41, 5.74) is 4.22. The number of benzene rings is 2. The predicted octanol–water partition coefficient (Wildman–Crippen LogP) is 3.74. The molecule has 0 radical (unpaired) electrons. The van der Waals surface area contributed by atoms with Crippen LogP contribution in [0.25, 0.3) is 10.9 Å². The lowest BCUT2D eigenvalue weighted by Gasteiger charge is -2.10. The van der Waals surface area contributed by atoms with Gasteiger partial charge in [-0.25, -0.2) is 0 Å². The van der Waals surface area contributed by atoms with Crippen LogP contribution in [-0.4, -0.2) is 17.5 Å². The summed E-state index contributed by atoms with van der Waals surface area (Å²) in [7, 11) is 0. The van der Waals surface area contributed by atoms with Crippen molar-refractivity contribution in [1.29, 1.82) is 0 Å². The molecular weight excluding hydrogens is 300 g/mol. The lowest BCUT2D eigenvalue weighted by atomic mass is 10.1. The van der Waals surface area contributed by atoms with Crippen LogP contribution in [0.15, 0.2) is 54.7 Å². The normalized spacial score (nSPS) is 12.8. The molecule has 24 heavy (non-hydrogen) atoms. The lowest BCUT2D eigenvalue weighted by Crippen LogP contribution is -2.20. The molecule has 1 aliphatic carbocycles. The molecule has 2 aromatic carbocycles. The molecule has 0 saturated heterocycles. The number of aromatic nitrogens is 1. The third-order valence-corrected chi connectivity index (χ3v) is 4.35. The van der Waals surface area contributed by atoms with Crippen molar-refractivity contribution in [1.82, 2.24) is 4.98 Å². The summed E-state index contributed by atoms with van der Waals surface area (Å²) in [4.78, 5) is 16.5. The van der Waals surface area contributed by atoms with Gasteiger partial charge in [0.05, 0.1) is 11.2 Å². The van der Waals surface area contributed by atoms with Gasteiger partial charge in [0.15, 0.2) is 6.61 Å². The Bertz CT molecular complexity index is 900. The second kappa shape index (κ2) is 6.32.